The second-order valence-electron chi connectivity index (χ2n) is 10.5. The Morgan fingerprint density at radius 1 is 0.526 bits per heavy atom. The predicted octanol–water partition coefficient (Wildman–Crippen LogP) is 8.80. The first-order chi connectivity index (χ1) is 18.4. The van der Waals surface area contributed by atoms with Crippen molar-refractivity contribution >= 4 is 31.4 Å². The Labute approximate surface area is 223 Å². The Morgan fingerprint density at radius 3 is 1.89 bits per heavy atom. The van der Waals surface area contributed by atoms with Crippen molar-refractivity contribution in [2.75, 3.05) is 0 Å². The van der Waals surface area contributed by atoms with Crippen molar-refractivity contribution in [3.05, 3.63) is 132 Å². The van der Waals surface area contributed by atoms with Crippen molar-refractivity contribution in [2.24, 2.45) is 0 Å². The highest BCUT2D eigenvalue weighted by Gasteiger charge is 2.35. The van der Waals surface area contributed by atoms with Gasteiger partial charge in [0.1, 0.15) is 0 Å². The summed E-state index contributed by atoms with van der Waals surface area (Å²) in [5, 5.41) is 4.70. The van der Waals surface area contributed by atoms with Gasteiger partial charge in [-0.05, 0) is 79.2 Å². The van der Waals surface area contributed by atoms with Gasteiger partial charge in [0.05, 0.1) is 9.79 Å². The molecule has 0 aromatic heterocycles. The molecule has 0 heterocycles. The third-order valence-corrected chi connectivity index (χ3v) is 9.85. The molecule has 0 N–H and O–H groups in total. The fraction of sp³-hybridized carbons (Fsp3) is 0.0857. The lowest BCUT2D eigenvalue weighted by atomic mass is 9.67. The molecule has 0 bridgehead atoms. The van der Waals surface area contributed by atoms with Crippen LogP contribution in [0.1, 0.15) is 25.0 Å². The van der Waals surface area contributed by atoms with E-state index in [9.17, 15) is 8.42 Å². The van der Waals surface area contributed by atoms with Crippen molar-refractivity contribution in [2.45, 2.75) is 29.1 Å². The number of fused-ring (bicyclic) bond motifs is 4. The molecular weight excluding hydrogens is 484 g/mol. The van der Waals surface area contributed by atoms with Gasteiger partial charge in [0, 0.05) is 5.41 Å². The van der Waals surface area contributed by atoms with E-state index in [2.05, 4.69) is 80.6 Å². The third-order valence-electron chi connectivity index (χ3n) is 8.08. The van der Waals surface area contributed by atoms with Gasteiger partial charge < -0.3 is 0 Å². The maximum absolute atomic E-state index is 13.5. The molecule has 1 aliphatic rings. The summed E-state index contributed by atoms with van der Waals surface area (Å²) in [6, 6.07) is 39.9. The largest absolute Gasteiger partial charge is 0.219 e. The average Bonchev–Trinajstić information content (AvgIpc) is 2.95. The fourth-order valence-electron chi connectivity index (χ4n) is 6.29. The fourth-order valence-corrected chi connectivity index (χ4v) is 7.61. The van der Waals surface area contributed by atoms with E-state index in [1.807, 2.05) is 24.3 Å². The van der Waals surface area contributed by atoms with Crippen molar-refractivity contribution in [3.8, 4) is 22.3 Å². The minimum atomic E-state index is -3.64. The van der Waals surface area contributed by atoms with Gasteiger partial charge >= 0.3 is 0 Å². The minimum absolute atomic E-state index is 0.165. The van der Waals surface area contributed by atoms with E-state index in [0.29, 0.717) is 9.79 Å². The van der Waals surface area contributed by atoms with Crippen LogP contribution in [0.4, 0.5) is 0 Å². The highest BCUT2D eigenvalue weighted by molar-refractivity contribution is 7.91. The smallest absolute Gasteiger partial charge is 0.206 e. The molecule has 2 nitrogen and oxygen atoms in total. The summed E-state index contributed by atoms with van der Waals surface area (Å²) in [5.74, 6) is 0. The van der Waals surface area contributed by atoms with Crippen LogP contribution in [0, 0.1) is 0 Å². The molecule has 0 unspecified atom stereocenters. The van der Waals surface area contributed by atoms with Crippen LogP contribution in [0.25, 0.3) is 43.8 Å². The molecule has 6 aromatic carbocycles. The van der Waals surface area contributed by atoms with E-state index < -0.39 is 9.84 Å². The van der Waals surface area contributed by atoms with Gasteiger partial charge in [-0.1, -0.05) is 111 Å². The molecule has 0 saturated carbocycles. The Kier molecular flexibility index (Phi) is 4.92. The molecule has 0 radical (unpaired) electrons. The van der Waals surface area contributed by atoms with E-state index in [1.54, 1.807) is 30.3 Å². The quantitative estimate of drug-likeness (QED) is 0.223. The number of hydrogen-bond acceptors (Lipinski definition) is 2. The molecule has 0 fully saturated rings. The molecule has 0 saturated heterocycles. The first-order valence-corrected chi connectivity index (χ1v) is 14.4. The van der Waals surface area contributed by atoms with Crippen LogP contribution < -0.4 is 0 Å². The Hall–Kier alpha value is -4.21. The second kappa shape index (κ2) is 8.14. The van der Waals surface area contributed by atoms with Crippen LogP contribution >= 0.6 is 0 Å². The zero-order valence-electron chi connectivity index (χ0n) is 21.3. The minimum Gasteiger partial charge on any atom is -0.219 e. The maximum atomic E-state index is 13.5. The van der Waals surface area contributed by atoms with Gasteiger partial charge in [-0.3, -0.25) is 0 Å². The van der Waals surface area contributed by atoms with Gasteiger partial charge in [-0.25, -0.2) is 8.42 Å². The summed E-state index contributed by atoms with van der Waals surface area (Å²) in [7, 11) is -3.64. The lowest BCUT2D eigenvalue weighted by molar-refractivity contribution is 0.596. The number of benzene rings is 6. The molecular formula is C35H26O2S. The van der Waals surface area contributed by atoms with E-state index in [1.165, 1.54) is 33.0 Å². The van der Waals surface area contributed by atoms with Crippen LogP contribution in [0.5, 0.6) is 0 Å². The Bertz CT molecular complexity index is 2000. The summed E-state index contributed by atoms with van der Waals surface area (Å²) >= 11 is 0. The van der Waals surface area contributed by atoms with Crippen molar-refractivity contribution in [1.29, 1.82) is 0 Å². The average molecular weight is 511 g/mol. The lowest BCUT2D eigenvalue weighted by Crippen LogP contribution is -2.23. The van der Waals surface area contributed by atoms with Gasteiger partial charge in [0.2, 0.25) is 9.84 Å². The van der Waals surface area contributed by atoms with Gasteiger partial charge in [0.25, 0.3) is 0 Å². The molecule has 3 heteroatoms. The van der Waals surface area contributed by atoms with E-state index >= 15 is 0 Å². The van der Waals surface area contributed by atoms with Crippen LogP contribution in [-0.2, 0) is 15.3 Å². The standard InChI is InChI=1S/C35H26O2S/c1-35(2)30-20-9-8-18-28(30)33-27-17-7-6-16-26(27)32(29-19-11-21-31(35)34(29)33)23-12-10-15-25(22-23)38(36,37)24-13-4-3-5-14-24/h3-22H,1-2H3. The summed E-state index contributed by atoms with van der Waals surface area (Å²) in [5.41, 5.74) is 6.96. The summed E-state index contributed by atoms with van der Waals surface area (Å²) < 4.78 is 27.1. The molecule has 0 aliphatic heterocycles. The highest BCUT2D eigenvalue weighted by atomic mass is 32.2. The number of hydrogen-bond donors (Lipinski definition) is 0. The van der Waals surface area contributed by atoms with Crippen molar-refractivity contribution in [3.63, 3.8) is 0 Å². The summed E-state index contributed by atoms with van der Waals surface area (Å²) in [6.45, 7) is 4.59. The lowest BCUT2D eigenvalue weighted by Gasteiger charge is -2.36. The predicted molar refractivity (Wildman–Crippen MR) is 156 cm³/mol. The SMILES string of the molecule is CC1(C)c2ccccc2-c2c3ccccc3c(-c3cccc(S(=O)(=O)c4ccccc4)c3)c3cccc1c23. The van der Waals surface area contributed by atoms with Crippen LogP contribution in [0.15, 0.2) is 131 Å². The molecule has 0 spiro atoms. The van der Waals surface area contributed by atoms with E-state index in [0.717, 1.165) is 21.9 Å². The van der Waals surface area contributed by atoms with Crippen LogP contribution in [0.3, 0.4) is 0 Å². The second-order valence-corrected chi connectivity index (χ2v) is 12.5. The summed E-state index contributed by atoms with van der Waals surface area (Å²) in [6.07, 6.45) is 0. The molecule has 0 atom stereocenters. The van der Waals surface area contributed by atoms with Gasteiger partial charge in [-0.2, -0.15) is 0 Å². The first kappa shape index (κ1) is 22.9. The van der Waals surface area contributed by atoms with Crippen LogP contribution in [0.2, 0.25) is 0 Å². The monoisotopic (exact) mass is 510 g/mol. The topological polar surface area (TPSA) is 34.1 Å². The Balaban J connectivity index is 1.60. The first-order valence-electron chi connectivity index (χ1n) is 12.9. The molecule has 6 aromatic rings. The molecule has 184 valence electrons. The Morgan fingerprint density at radius 2 is 1.11 bits per heavy atom. The van der Waals surface area contributed by atoms with E-state index in [-0.39, 0.29) is 5.41 Å². The summed E-state index contributed by atoms with van der Waals surface area (Å²) in [4.78, 5) is 0.605. The van der Waals surface area contributed by atoms with Crippen molar-refractivity contribution in [1.82, 2.24) is 0 Å². The molecule has 0 amide bonds. The highest BCUT2D eigenvalue weighted by Crippen LogP contribution is 2.53. The zero-order chi connectivity index (χ0) is 26.1. The number of sulfone groups is 1. The van der Waals surface area contributed by atoms with Crippen LogP contribution in [-0.4, -0.2) is 8.42 Å². The normalized spacial score (nSPS) is 13.9. The molecule has 7 rings (SSSR count). The number of rotatable bonds is 3. The van der Waals surface area contributed by atoms with Crippen molar-refractivity contribution < 1.29 is 8.42 Å². The van der Waals surface area contributed by atoms with E-state index in [4.69, 9.17) is 0 Å². The van der Waals surface area contributed by atoms with Gasteiger partial charge in [-0.15, -0.1) is 0 Å². The maximum Gasteiger partial charge on any atom is 0.206 e. The molecule has 38 heavy (non-hydrogen) atoms. The van der Waals surface area contributed by atoms with Gasteiger partial charge in [0.15, 0.2) is 0 Å². The third kappa shape index (κ3) is 3.15. The molecule has 1 aliphatic carbocycles. The zero-order valence-corrected chi connectivity index (χ0v) is 22.1.